The number of aliphatic hydroxyl groups excluding tert-OH is 2. The van der Waals surface area contributed by atoms with Gasteiger partial charge >= 0.3 is 5.97 Å². The first kappa shape index (κ1) is 19.3. The van der Waals surface area contributed by atoms with Crippen LogP contribution >= 0.6 is 0 Å². The summed E-state index contributed by atoms with van der Waals surface area (Å²) < 4.78 is 0. The van der Waals surface area contributed by atoms with E-state index in [2.05, 4.69) is 10.6 Å². The fraction of sp³-hybridized carbons (Fsp3) is 0.750. The lowest BCUT2D eigenvalue weighted by atomic mass is 10.0. The lowest BCUT2D eigenvalue weighted by molar-refractivity contribution is -0.145. The minimum absolute atomic E-state index is 0.344. The number of hydrogen-bond acceptors (Lipinski definition) is 6. The molecule has 0 aromatic heterocycles. The van der Waals surface area contributed by atoms with Gasteiger partial charge in [-0.3, -0.25) is 9.59 Å². The third kappa shape index (κ3) is 6.06. The highest BCUT2D eigenvalue weighted by Gasteiger charge is 2.31. The molecule has 21 heavy (non-hydrogen) atoms. The fourth-order valence-electron chi connectivity index (χ4n) is 1.51. The van der Waals surface area contributed by atoms with E-state index in [0.717, 1.165) is 0 Å². The van der Waals surface area contributed by atoms with Gasteiger partial charge in [-0.05, 0) is 12.8 Å². The minimum Gasteiger partial charge on any atom is -0.480 e. The SMILES string of the molecule is CC(C)C(NC(=O)C(N)CO)C(=O)NC(C(=O)O)C(C)O. The maximum atomic E-state index is 12.0. The van der Waals surface area contributed by atoms with Crippen LogP contribution in [0.4, 0.5) is 0 Å². The molecule has 0 heterocycles. The highest BCUT2D eigenvalue weighted by molar-refractivity contribution is 5.92. The lowest BCUT2D eigenvalue weighted by Gasteiger charge is -2.25. The molecule has 4 atom stereocenters. The summed E-state index contributed by atoms with van der Waals surface area (Å²) in [7, 11) is 0. The molecule has 2 amide bonds. The molecule has 0 aliphatic heterocycles. The van der Waals surface area contributed by atoms with Crippen molar-refractivity contribution in [2.24, 2.45) is 11.7 Å². The van der Waals surface area contributed by atoms with Crippen LogP contribution in [-0.4, -0.2) is 63.9 Å². The van der Waals surface area contributed by atoms with Crippen LogP contribution in [0.2, 0.25) is 0 Å². The van der Waals surface area contributed by atoms with Gasteiger partial charge in [-0.25, -0.2) is 4.79 Å². The first-order valence-electron chi connectivity index (χ1n) is 6.49. The summed E-state index contributed by atoms with van der Waals surface area (Å²) in [4.78, 5) is 34.6. The Labute approximate surface area is 122 Å². The molecule has 0 saturated heterocycles. The number of aliphatic carboxylic acids is 1. The number of nitrogens with two attached hydrogens (primary N) is 1. The van der Waals surface area contributed by atoms with E-state index in [1.54, 1.807) is 13.8 Å². The van der Waals surface area contributed by atoms with Gasteiger partial charge in [0.05, 0.1) is 12.7 Å². The second-order valence-corrected chi connectivity index (χ2v) is 5.08. The number of rotatable bonds is 8. The summed E-state index contributed by atoms with van der Waals surface area (Å²) in [5.74, 6) is -3.21. The predicted molar refractivity (Wildman–Crippen MR) is 73.1 cm³/mol. The average Bonchev–Trinajstić information content (AvgIpc) is 2.39. The average molecular weight is 305 g/mol. The standard InChI is InChI=1S/C12H23N3O6/c1-5(2)8(14-10(18)7(13)4-16)11(19)15-9(6(3)17)12(20)21/h5-9,16-17H,4,13H2,1-3H3,(H,14,18)(H,15,19)(H,20,21). The van der Waals surface area contributed by atoms with Gasteiger partial charge in [0.2, 0.25) is 11.8 Å². The van der Waals surface area contributed by atoms with Crippen molar-refractivity contribution in [3.05, 3.63) is 0 Å². The number of amides is 2. The van der Waals surface area contributed by atoms with Gasteiger partial charge in [0.15, 0.2) is 6.04 Å². The van der Waals surface area contributed by atoms with E-state index < -0.39 is 48.6 Å². The second kappa shape index (κ2) is 8.55. The molecule has 0 rings (SSSR count). The topological polar surface area (TPSA) is 162 Å². The van der Waals surface area contributed by atoms with Gasteiger partial charge in [-0.1, -0.05) is 13.8 Å². The van der Waals surface area contributed by atoms with Crippen molar-refractivity contribution in [3.63, 3.8) is 0 Å². The van der Waals surface area contributed by atoms with Gasteiger partial charge in [0.25, 0.3) is 0 Å². The van der Waals surface area contributed by atoms with Crippen molar-refractivity contribution >= 4 is 17.8 Å². The first-order valence-corrected chi connectivity index (χ1v) is 6.49. The summed E-state index contributed by atoms with van der Waals surface area (Å²) in [6.45, 7) is 3.94. The first-order chi connectivity index (χ1) is 9.61. The Kier molecular flexibility index (Phi) is 7.85. The molecule has 0 bridgehead atoms. The molecule has 4 unspecified atom stereocenters. The molecular formula is C12H23N3O6. The number of nitrogens with one attached hydrogen (secondary N) is 2. The van der Waals surface area contributed by atoms with E-state index in [-0.39, 0.29) is 5.92 Å². The van der Waals surface area contributed by atoms with Crippen molar-refractivity contribution in [2.75, 3.05) is 6.61 Å². The molecule has 0 spiro atoms. The molecule has 0 fully saturated rings. The Balaban J connectivity index is 4.92. The van der Waals surface area contributed by atoms with E-state index in [4.69, 9.17) is 15.9 Å². The number of carboxylic acids is 1. The largest absolute Gasteiger partial charge is 0.480 e. The molecule has 9 nitrogen and oxygen atoms in total. The molecule has 0 aromatic carbocycles. The third-order valence-electron chi connectivity index (χ3n) is 2.83. The van der Waals surface area contributed by atoms with Crippen LogP contribution < -0.4 is 16.4 Å². The highest BCUT2D eigenvalue weighted by Crippen LogP contribution is 2.04. The molecule has 0 aliphatic rings. The Morgan fingerprint density at radius 1 is 1.05 bits per heavy atom. The molecule has 0 saturated carbocycles. The summed E-state index contributed by atoms with van der Waals surface area (Å²) in [6.07, 6.45) is -1.30. The fourth-order valence-corrected chi connectivity index (χ4v) is 1.51. The zero-order chi connectivity index (χ0) is 16.7. The molecule has 0 aromatic rings. The van der Waals surface area contributed by atoms with E-state index >= 15 is 0 Å². The second-order valence-electron chi connectivity index (χ2n) is 5.08. The van der Waals surface area contributed by atoms with Crippen LogP contribution in [-0.2, 0) is 14.4 Å². The summed E-state index contributed by atoms with van der Waals surface area (Å²) in [6, 6.07) is -3.69. The van der Waals surface area contributed by atoms with Crippen molar-refractivity contribution in [1.82, 2.24) is 10.6 Å². The predicted octanol–water partition coefficient (Wildman–Crippen LogP) is -2.60. The zero-order valence-electron chi connectivity index (χ0n) is 12.2. The Bertz CT molecular complexity index is 385. The molecule has 0 aliphatic carbocycles. The number of hydrogen-bond donors (Lipinski definition) is 6. The smallest absolute Gasteiger partial charge is 0.328 e. The van der Waals surface area contributed by atoms with Gasteiger partial charge in [-0.15, -0.1) is 0 Å². The van der Waals surface area contributed by atoms with Crippen molar-refractivity contribution in [2.45, 2.75) is 45.0 Å². The number of carbonyl (C=O) groups excluding carboxylic acids is 2. The Morgan fingerprint density at radius 2 is 1.52 bits per heavy atom. The Hall–Kier alpha value is -1.71. The normalized spacial score (nSPS) is 16.7. The summed E-state index contributed by atoms with van der Waals surface area (Å²) in [5.41, 5.74) is 5.33. The van der Waals surface area contributed by atoms with Crippen LogP contribution in [0.3, 0.4) is 0 Å². The van der Waals surface area contributed by atoms with Crippen LogP contribution in [0.1, 0.15) is 20.8 Å². The van der Waals surface area contributed by atoms with E-state index in [1.807, 2.05) is 0 Å². The highest BCUT2D eigenvalue weighted by atomic mass is 16.4. The van der Waals surface area contributed by atoms with Gasteiger partial charge in [0.1, 0.15) is 12.1 Å². The summed E-state index contributed by atoms with van der Waals surface area (Å²) in [5, 5.41) is 31.5. The molecule has 9 heteroatoms. The van der Waals surface area contributed by atoms with Crippen molar-refractivity contribution in [3.8, 4) is 0 Å². The number of aliphatic hydroxyl groups is 2. The maximum absolute atomic E-state index is 12.0. The molecule has 122 valence electrons. The zero-order valence-corrected chi connectivity index (χ0v) is 12.2. The third-order valence-corrected chi connectivity index (χ3v) is 2.83. The van der Waals surface area contributed by atoms with Crippen LogP contribution in [0.5, 0.6) is 0 Å². The maximum Gasteiger partial charge on any atom is 0.328 e. The van der Waals surface area contributed by atoms with Gasteiger partial charge in [-0.2, -0.15) is 0 Å². The van der Waals surface area contributed by atoms with Crippen molar-refractivity contribution in [1.29, 1.82) is 0 Å². The minimum atomic E-state index is -1.48. The van der Waals surface area contributed by atoms with E-state index in [1.165, 1.54) is 6.92 Å². The molecule has 7 N–H and O–H groups in total. The van der Waals surface area contributed by atoms with Gasteiger partial charge in [0, 0.05) is 0 Å². The van der Waals surface area contributed by atoms with Crippen molar-refractivity contribution < 1.29 is 29.7 Å². The monoisotopic (exact) mass is 305 g/mol. The van der Waals surface area contributed by atoms with Crippen LogP contribution in [0, 0.1) is 5.92 Å². The van der Waals surface area contributed by atoms with Crippen LogP contribution in [0.25, 0.3) is 0 Å². The summed E-state index contributed by atoms with van der Waals surface area (Å²) >= 11 is 0. The molecule has 0 radical (unpaired) electrons. The lowest BCUT2D eigenvalue weighted by Crippen LogP contribution is -2.58. The van der Waals surface area contributed by atoms with E-state index in [0.29, 0.717) is 0 Å². The number of carbonyl (C=O) groups is 3. The van der Waals surface area contributed by atoms with E-state index in [9.17, 15) is 19.5 Å². The van der Waals surface area contributed by atoms with Gasteiger partial charge < -0.3 is 31.7 Å². The Morgan fingerprint density at radius 3 is 1.86 bits per heavy atom. The quantitative estimate of drug-likeness (QED) is 0.286. The van der Waals surface area contributed by atoms with Crippen LogP contribution in [0.15, 0.2) is 0 Å². The number of carboxylic acid groups (broad SMARTS) is 1. The molecular weight excluding hydrogens is 282 g/mol.